The summed E-state index contributed by atoms with van der Waals surface area (Å²) >= 11 is 0. The Kier molecular flexibility index (Phi) is 1.66. The van der Waals surface area contributed by atoms with E-state index in [1.807, 2.05) is 0 Å². The van der Waals surface area contributed by atoms with Crippen LogP contribution in [0, 0.1) is 0 Å². The van der Waals surface area contributed by atoms with Crippen LogP contribution in [0.3, 0.4) is 0 Å². The lowest BCUT2D eigenvalue weighted by Crippen LogP contribution is -2.00. The van der Waals surface area contributed by atoms with Crippen LogP contribution in [0.4, 0.5) is 0 Å². The molecule has 1 aromatic carbocycles. The molecule has 68 valence electrons. The molecule has 0 bridgehead atoms. The van der Waals surface area contributed by atoms with Crippen LogP contribution in [0.5, 0.6) is 0 Å². The van der Waals surface area contributed by atoms with Crippen molar-refractivity contribution >= 4 is 0 Å². The minimum absolute atomic E-state index is 0.441. The molecule has 1 fully saturated rings. The van der Waals surface area contributed by atoms with Gasteiger partial charge >= 0.3 is 0 Å². The molecule has 1 nitrogen and oxygen atoms in total. The van der Waals surface area contributed by atoms with Crippen molar-refractivity contribution < 1.29 is 4.74 Å². The van der Waals surface area contributed by atoms with Crippen LogP contribution in [-0.4, -0.2) is 6.10 Å². The molecule has 2 atom stereocenters. The molecule has 0 spiro atoms. The maximum Gasteiger partial charge on any atom is 0.109 e. The van der Waals surface area contributed by atoms with Gasteiger partial charge in [-0.2, -0.15) is 0 Å². The first-order valence-electron chi connectivity index (χ1n) is 5.18. The molecule has 0 amide bonds. The SMILES string of the molecule is c1ccc2c(c1)CCCCC1OC21. The van der Waals surface area contributed by atoms with E-state index in [1.54, 1.807) is 0 Å². The highest BCUT2D eigenvalue weighted by Crippen LogP contribution is 2.44. The maximum atomic E-state index is 5.66. The molecule has 2 aliphatic rings. The maximum absolute atomic E-state index is 5.66. The largest absolute Gasteiger partial charge is 0.364 e. The monoisotopic (exact) mass is 174 g/mol. The molecule has 3 rings (SSSR count). The van der Waals surface area contributed by atoms with Gasteiger partial charge in [0.2, 0.25) is 0 Å². The number of rotatable bonds is 0. The highest BCUT2D eigenvalue weighted by atomic mass is 16.6. The Morgan fingerprint density at radius 1 is 1.15 bits per heavy atom. The van der Waals surface area contributed by atoms with Gasteiger partial charge in [-0.3, -0.25) is 0 Å². The summed E-state index contributed by atoms with van der Waals surface area (Å²) < 4.78 is 5.66. The third-order valence-corrected chi connectivity index (χ3v) is 3.13. The molecule has 1 aliphatic carbocycles. The van der Waals surface area contributed by atoms with Crippen LogP contribution in [-0.2, 0) is 11.2 Å². The summed E-state index contributed by atoms with van der Waals surface area (Å²) in [4.78, 5) is 0. The second-order valence-corrected chi connectivity index (χ2v) is 4.04. The van der Waals surface area contributed by atoms with Crippen LogP contribution in [0.15, 0.2) is 24.3 Å². The first-order chi connectivity index (χ1) is 6.45. The van der Waals surface area contributed by atoms with E-state index in [-0.39, 0.29) is 0 Å². The lowest BCUT2D eigenvalue weighted by Gasteiger charge is -2.09. The van der Waals surface area contributed by atoms with E-state index in [0.29, 0.717) is 12.2 Å². The molecule has 1 aromatic rings. The predicted octanol–water partition coefficient (Wildman–Crippen LogP) is 2.85. The molecule has 13 heavy (non-hydrogen) atoms. The lowest BCUT2D eigenvalue weighted by molar-refractivity contribution is 0.364. The summed E-state index contributed by atoms with van der Waals surface area (Å²) in [6.07, 6.45) is 6.14. The number of hydrogen-bond acceptors (Lipinski definition) is 1. The van der Waals surface area contributed by atoms with Gasteiger partial charge in [-0.05, 0) is 30.4 Å². The van der Waals surface area contributed by atoms with Crippen molar-refractivity contribution in [2.45, 2.75) is 37.9 Å². The van der Waals surface area contributed by atoms with Gasteiger partial charge in [-0.25, -0.2) is 0 Å². The summed E-state index contributed by atoms with van der Waals surface area (Å²) in [7, 11) is 0. The van der Waals surface area contributed by atoms with Gasteiger partial charge in [0.15, 0.2) is 0 Å². The molecule has 1 heterocycles. The van der Waals surface area contributed by atoms with Crippen molar-refractivity contribution in [3.63, 3.8) is 0 Å². The van der Waals surface area contributed by atoms with Gasteiger partial charge in [-0.15, -0.1) is 0 Å². The number of fused-ring (bicyclic) bond motifs is 3. The lowest BCUT2D eigenvalue weighted by atomic mass is 9.94. The molecule has 1 heteroatoms. The summed E-state index contributed by atoms with van der Waals surface area (Å²) in [5.74, 6) is 0. The summed E-state index contributed by atoms with van der Waals surface area (Å²) in [5.41, 5.74) is 2.96. The van der Waals surface area contributed by atoms with E-state index >= 15 is 0 Å². The minimum Gasteiger partial charge on any atom is -0.364 e. The molecule has 0 N–H and O–H groups in total. The van der Waals surface area contributed by atoms with Crippen LogP contribution in [0.2, 0.25) is 0 Å². The number of hydrogen-bond donors (Lipinski definition) is 0. The van der Waals surface area contributed by atoms with Crippen LogP contribution >= 0.6 is 0 Å². The van der Waals surface area contributed by atoms with E-state index in [4.69, 9.17) is 4.74 Å². The predicted molar refractivity (Wildman–Crippen MR) is 51.6 cm³/mol. The first-order valence-corrected chi connectivity index (χ1v) is 5.18. The molecule has 0 radical (unpaired) electrons. The van der Waals surface area contributed by atoms with E-state index in [2.05, 4.69) is 24.3 Å². The number of aryl methyl sites for hydroxylation is 1. The minimum atomic E-state index is 0.441. The van der Waals surface area contributed by atoms with E-state index in [1.165, 1.54) is 36.8 Å². The average molecular weight is 174 g/mol. The standard InChI is InChI=1S/C12H14O/c1-3-7-10-9(5-1)6-2-4-8-11-12(10)13-11/h1,3,5,7,11-12H,2,4,6,8H2. The van der Waals surface area contributed by atoms with Crippen molar-refractivity contribution in [3.05, 3.63) is 35.4 Å². The van der Waals surface area contributed by atoms with E-state index in [0.717, 1.165) is 0 Å². The van der Waals surface area contributed by atoms with Gasteiger partial charge < -0.3 is 4.74 Å². The third-order valence-electron chi connectivity index (χ3n) is 3.13. The van der Waals surface area contributed by atoms with Gasteiger partial charge in [0.05, 0.1) is 6.10 Å². The molecular weight excluding hydrogens is 160 g/mol. The van der Waals surface area contributed by atoms with Crippen molar-refractivity contribution in [2.75, 3.05) is 0 Å². The zero-order valence-electron chi connectivity index (χ0n) is 7.70. The number of ether oxygens (including phenoxy) is 1. The van der Waals surface area contributed by atoms with Crippen LogP contribution in [0.1, 0.15) is 36.5 Å². The number of epoxide rings is 1. The number of benzene rings is 1. The topological polar surface area (TPSA) is 12.5 Å². The van der Waals surface area contributed by atoms with E-state index in [9.17, 15) is 0 Å². The fraction of sp³-hybridized carbons (Fsp3) is 0.500. The third kappa shape index (κ3) is 1.28. The molecule has 2 unspecified atom stereocenters. The Morgan fingerprint density at radius 3 is 3.08 bits per heavy atom. The summed E-state index contributed by atoms with van der Waals surface area (Å²) in [5, 5.41) is 0. The zero-order chi connectivity index (χ0) is 8.67. The fourth-order valence-corrected chi connectivity index (χ4v) is 2.34. The van der Waals surface area contributed by atoms with Gasteiger partial charge in [-0.1, -0.05) is 30.7 Å². The van der Waals surface area contributed by atoms with Gasteiger partial charge in [0.25, 0.3) is 0 Å². The van der Waals surface area contributed by atoms with Crippen molar-refractivity contribution in [2.24, 2.45) is 0 Å². The highest BCUT2D eigenvalue weighted by Gasteiger charge is 2.41. The van der Waals surface area contributed by atoms with Crippen molar-refractivity contribution in [1.82, 2.24) is 0 Å². The second kappa shape index (κ2) is 2.85. The Labute approximate surface area is 78.7 Å². The fourth-order valence-electron chi connectivity index (χ4n) is 2.34. The van der Waals surface area contributed by atoms with Gasteiger partial charge in [0.1, 0.15) is 6.10 Å². The van der Waals surface area contributed by atoms with Crippen LogP contribution < -0.4 is 0 Å². The molecular formula is C12H14O. The van der Waals surface area contributed by atoms with E-state index < -0.39 is 0 Å². The van der Waals surface area contributed by atoms with Crippen molar-refractivity contribution in [1.29, 1.82) is 0 Å². The smallest absolute Gasteiger partial charge is 0.109 e. The Balaban J connectivity index is 2.00. The van der Waals surface area contributed by atoms with Gasteiger partial charge in [0, 0.05) is 0 Å². The highest BCUT2D eigenvalue weighted by molar-refractivity contribution is 5.32. The quantitative estimate of drug-likeness (QED) is 0.551. The normalized spacial score (nSPS) is 31.1. The van der Waals surface area contributed by atoms with Crippen molar-refractivity contribution in [3.8, 4) is 0 Å². The van der Waals surface area contributed by atoms with Crippen LogP contribution in [0.25, 0.3) is 0 Å². The summed E-state index contributed by atoms with van der Waals surface area (Å²) in [6, 6.07) is 8.74. The second-order valence-electron chi connectivity index (χ2n) is 4.04. The summed E-state index contributed by atoms with van der Waals surface area (Å²) in [6.45, 7) is 0. The molecule has 0 aromatic heterocycles. The first kappa shape index (κ1) is 7.57. The average Bonchev–Trinajstić information content (AvgIpc) is 2.88. The Bertz CT molecular complexity index is 319. The molecule has 1 saturated heterocycles. The molecule has 0 saturated carbocycles. The molecule has 1 aliphatic heterocycles. The Morgan fingerprint density at radius 2 is 2.08 bits per heavy atom. The Hall–Kier alpha value is -0.820. The zero-order valence-corrected chi connectivity index (χ0v) is 7.70.